The number of hydrogen-bond donors (Lipinski definition) is 2. The van der Waals surface area contributed by atoms with E-state index in [9.17, 15) is 4.39 Å². The van der Waals surface area contributed by atoms with Crippen LogP contribution in [0.15, 0.2) is 48.7 Å². The highest BCUT2D eigenvalue weighted by molar-refractivity contribution is 5.93. The van der Waals surface area contributed by atoms with Gasteiger partial charge in [0.2, 0.25) is 0 Å². The van der Waals surface area contributed by atoms with E-state index < -0.39 is 0 Å². The first kappa shape index (κ1) is 13.2. The van der Waals surface area contributed by atoms with Gasteiger partial charge in [-0.25, -0.2) is 14.4 Å². The van der Waals surface area contributed by atoms with Gasteiger partial charge in [0.25, 0.3) is 0 Å². The van der Waals surface area contributed by atoms with Crippen LogP contribution in [0.25, 0.3) is 22.3 Å². The second-order valence-electron chi connectivity index (χ2n) is 4.70. The molecule has 0 fully saturated rings. The van der Waals surface area contributed by atoms with Crippen LogP contribution in [0.4, 0.5) is 10.1 Å². The first-order chi connectivity index (χ1) is 10.1. The van der Waals surface area contributed by atoms with Crippen LogP contribution in [-0.2, 0) is 0 Å². The first-order valence-electron chi connectivity index (χ1n) is 6.47. The van der Waals surface area contributed by atoms with Crippen molar-refractivity contribution in [1.29, 1.82) is 5.41 Å². The predicted molar refractivity (Wildman–Crippen MR) is 82.0 cm³/mol. The summed E-state index contributed by atoms with van der Waals surface area (Å²) in [5, 5.41) is 11.2. The number of amidine groups is 1. The number of anilines is 1. The molecule has 0 aliphatic rings. The van der Waals surface area contributed by atoms with Crippen molar-refractivity contribution < 1.29 is 4.39 Å². The van der Waals surface area contributed by atoms with Crippen LogP contribution in [0.1, 0.15) is 6.92 Å². The molecule has 0 saturated heterocycles. The summed E-state index contributed by atoms with van der Waals surface area (Å²) < 4.78 is 13.8. The number of rotatable bonds is 2. The van der Waals surface area contributed by atoms with Gasteiger partial charge in [0, 0.05) is 17.3 Å². The second-order valence-corrected chi connectivity index (χ2v) is 4.70. The second kappa shape index (κ2) is 5.28. The fraction of sp³-hybridized carbons (Fsp3) is 0.0625. The molecule has 0 aliphatic heterocycles. The van der Waals surface area contributed by atoms with Gasteiger partial charge in [-0.3, -0.25) is 5.41 Å². The molecule has 0 saturated carbocycles. The van der Waals surface area contributed by atoms with Crippen LogP contribution in [0.5, 0.6) is 0 Å². The molecule has 0 spiro atoms. The lowest BCUT2D eigenvalue weighted by atomic mass is 10.1. The van der Waals surface area contributed by atoms with Crippen LogP contribution < -0.4 is 5.32 Å². The standard InChI is InChI=1S/C16H13FN4/c1-10(18)20-12-6-7-15-11(8-12)9-19-16(21-15)13-4-2-3-5-14(13)17/h2-9H,1H3,(H2,18,20). The Morgan fingerprint density at radius 3 is 2.76 bits per heavy atom. The van der Waals surface area contributed by atoms with Crippen LogP contribution in [-0.4, -0.2) is 15.8 Å². The van der Waals surface area contributed by atoms with Crippen molar-refractivity contribution in [1.82, 2.24) is 9.97 Å². The van der Waals surface area contributed by atoms with Gasteiger partial charge in [0.1, 0.15) is 5.82 Å². The van der Waals surface area contributed by atoms with E-state index in [0.29, 0.717) is 17.2 Å². The average molecular weight is 280 g/mol. The van der Waals surface area contributed by atoms with E-state index in [-0.39, 0.29) is 5.82 Å². The normalized spacial score (nSPS) is 10.6. The maximum Gasteiger partial charge on any atom is 0.162 e. The highest BCUT2D eigenvalue weighted by Crippen LogP contribution is 2.22. The van der Waals surface area contributed by atoms with Crippen LogP contribution in [0.2, 0.25) is 0 Å². The molecule has 0 bridgehead atoms. The van der Waals surface area contributed by atoms with E-state index in [1.54, 1.807) is 31.3 Å². The predicted octanol–water partition coefficient (Wildman–Crippen LogP) is 3.84. The van der Waals surface area contributed by atoms with E-state index >= 15 is 0 Å². The van der Waals surface area contributed by atoms with Crippen LogP contribution >= 0.6 is 0 Å². The smallest absolute Gasteiger partial charge is 0.162 e. The molecule has 0 atom stereocenters. The quantitative estimate of drug-likeness (QED) is 0.553. The number of aromatic nitrogens is 2. The molecule has 0 aliphatic carbocycles. The molecule has 3 aromatic rings. The number of benzene rings is 2. The van der Waals surface area contributed by atoms with Crippen molar-refractivity contribution in [2.24, 2.45) is 0 Å². The molecule has 5 heteroatoms. The molecule has 4 nitrogen and oxygen atoms in total. The molecule has 2 N–H and O–H groups in total. The van der Waals surface area contributed by atoms with Crippen LogP contribution in [0, 0.1) is 11.2 Å². The summed E-state index contributed by atoms with van der Waals surface area (Å²) in [6.07, 6.45) is 1.66. The summed E-state index contributed by atoms with van der Waals surface area (Å²) in [5.41, 5.74) is 1.92. The summed E-state index contributed by atoms with van der Waals surface area (Å²) in [7, 11) is 0. The number of halogens is 1. The van der Waals surface area contributed by atoms with Gasteiger partial charge in [0.15, 0.2) is 5.82 Å². The molecule has 0 radical (unpaired) electrons. The van der Waals surface area contributed by atoms with E-state index in [4.69, 9.17) is 5.41 Å². The zero-order valence-electron chi connectivity index (χ0n) is 11.4. The van der Waals surface area contributed by atoms with Crippen LogP contribution in [0.3, 0.4) is 0 Å². The van der Waals surface area contributed by atoms with Crippen molar-refractivity contribution in [3.8, 4) is 11.4 Å². The third-order valence-corrected chi connectivity index (χ3v) is 3.03. The van der Waals surface area contributed by atoms with E-state index in [0.717, 1.165) is 16.6 Å². The monoisotopic (exact) mass is 280 g/mol. The minimum Gasteiger partial charge on any atom is -0.344 e. The van der Waals surface area contributed by atoms with Gasteiger partial charge in [0.05, 0.1) is 16.9 Å². The molecule has 1 heterocycles. The molecule has 21 heavy (non-hydrogen) atoms. The third-order valence-electron chi connectivity index (χ3n) is 3.03. The number of fused-ring (bicyclic) bond motifs is 1. The van der Waals surface area contributed by atoms with Crippen molar-refractivity contribution in [2.45, 2.75) is 6.92 Å². The Labute approximate surface area is 121 Å². The maximum atomic E-state index is 13.8. The van der Waals surface area contributed by atoms with E-state index in [1.807, 2.05) is 18.2 Å². The highest BCUT2D eigenvalue weighted by atomic mass is 19.1. The van der Waals surface area contributed by atoms with Gasteiger partial charge in [-0.05, 0) is 37.3 Å². The lowest BCUT2D eigenvalue weighted by Crippen LogP contribution is -2.04. The Kier molecular flexibility index (Phi) is 3.31. The fourth-order valence-corrected chi connectivity index (χ4v) is 2.10. The Morgan fingerprint density at radius 2 is 2.00 bits per heavy atom. The topological polar surface area (TPSA) is 61.7 Å². The first-order valence-corrected chi connectivity index (χ1v) is 6.47. The Hall–Kier alpha value is -2.82. The molecular formula is C16H13FN4. The minimum atomic E-state index is -0.338. The Morgan fingerprint density at radius 1 is 1.19 bits per heavy atom. The van der Waals surface area contributed by atoms with Gasteiger partial charge >= 0.3 is 0 Å². The van der Waals surface area contributed by atoms with Gasteiger partial charge in [-0.15, -0.1) is 0 Å². The Balaban J connectivity index is 2.05. The minimum absolute atomic E-state index is 0.338. The van der Waals surface area contributed by atoms with Gasteiger partial charge in [-0.1, -0.05) is 12.1 Å². The maximum absolute atomic E-state index is 13.8. The third kappa shape index (κ3) is 2.72. The van der Waals surface area contributed by atoms with Gasteiger partial charge < -0.3 is 5.32 Å². The molecule has 1 aromatic heterocycles. The number of nitrogens with zero attached hydrogens (tertiary/aromatic N) is 2. The summed E-state index contributed by atoms with van der Waals surface area (Å²) in [6.45, 7) is 1.67. The molecule has 0 unspecified atom stereocenters. The summed E-state index contributed by atoms with van der Waals surface area (Å²) in [5.74, 6) is 0.386. The van der Waals surface area contributed by atoms with Crippen molar-refractivity contribution in [3.63, 3.8) is 0 Å². The number of hydrogen-bond acceptors (Lipinski definition) is 3. The lowest BCUT2D eigenvalue weighted by Gasteiger charge is -2.07. The van der Waals surface area contributed by atoms with E-state index in [1.165, 1.54) is 6.07 Å². The number of nitrogens with one attached hydrogen (secondary N) is 2. The summed E-state index contributed by atoms with van der Waals surface area (Å²) in [6, 6.07) is 12.0. The summed E-state index contributed by atoms with van der Waals surface area (Å²) in [4.78, 5) is 8.62. The van der Waals surface area contributed by atoms with Crippen molar-refractivity contribution in [2.75, 3.05) is 5.32 Å². The SMILES string of the molecule is CC(=N)Nc1ccc2nc(-c3ccccc3F)ncc2c1. The van der Waals surface area contributed by atoms with Gasteiger partial charge in [-0.2, -0.15) is 0 Å². The van der Waals surface area contributed by atoms with E-state index in [2.05, 4.69) is 15.3 Å². The molecule has 104 valence electrons. The Bertz CT molecular complexity index is 829. The van der Waals surface area contributed by atoms with Crippen molar-refractivity contribution >= 4 is 22.4 Å². The zero-order chi connectivity index (χ0) is 14.8. The summed E-state index contributed by atoms with van der Waals surface area (Å²) >= 11 is 0. The molecular weight excluding hydrogens is 267 g/mol. The largest absolute Gasteiger partial charge is 0.344 e. The fourth-order valence-electron chi connectivity index (χ4n) is 2.10. The average Bonchev–Trinajstić information content (AvgIpc) is 2.47. The molecule has 0 amide bonds. The van der Waals surface area contributed by atoms with Crippen molar-refractivity contribution in [3.05, 3.63) is 54.5 Å². The molecule has 3 rings (SSSR count). The zero-order valence-corrected chi connectivity index (χ0v) is 11.4. The highest BCUT2D eigenvalue weighted by Gasteiger charge is 2.08. The lowest BCUT2D eigenvalue weighted by molar-refractivity contribution is 0.630. The molecule has 2 aromatic carbocycles.